The van der Waals surface area contributed by atoms with E-state index in [2.05, 4.69) is 161 Å². The second-order valence-corrected chi connectivity index (χ2v) is 14.5. The zero-order chi connectivity index (χ0) is 35.8. The number of fused-ring (bicyclic) bond motifs is 15. The van der Waals surface area contributed by atoms with Crippen LogP contribution in [0, 0.1) is 0 Å². The molecule has 55 heavy (non-hydrogen) atoms. The second kappa shape index (κ2) is 10.6. The van der Waals surface area contributed by atoms with Gasteiger partial charge in [0.05, 0.1) is 39.0 Å². The largest absolute Gasteiger partial charge is 0.456 e. The van der Waals surface area contributed by atoms with Crippen molar-refractivity contribution in [2.24, 2.45) is 0 Å². The van der Waals surface area contributed by atoms with Gasteiger partial charge in [0, 0.05) is 54.4 Å². The summed E-state index contributed by atoms with van der Waals surface area (Å²) in [7, 11) is 0. The van der Waals surface area contributed by atoms with Crippen LogP contribution in [-0.2, 0) is 0 Å². The summed E-state index contributed by atoms with van der Waals surface area (Å²) < 4.78 is 11.1. The number of rotatable bonds is 2. The van der Waals surface area contributed by atoms with E-state index in [0.717, 1.165) is 65.9 Å². The molecule has 0 fully saturated rings. The monoisotopic (exact) mass is 700 g/mol. The van der Waals surface area contributed by atoms with Gasteiger partial charge in [0.25, 0.3) is 0 Å². The summed E-state index contributed by atoms with van der Waals surface area (Å²) in [4.78, 5) is 10.8. The highest BCUT2D eigenvalue weighted by atomic mass is 16.3. The predicted octanol–water partition coefficient (Wildman–Crippen LogP) is 13.0. The lowest BCUT2D eigenvalue weighted by molar-refractivity contribution is 0.669. The molecule has 0 radical (unpaired) electrons. The van der Waals surface area contributed by atoms with Gasteiger partial charge in [-0.05, 0) is 53.6 Å². The molecule has 0 bridgehead atoms. The molecule has 13 rings (SSSR count). The topological polar surface area (TPSA) is 48.8 Å². The molecule has 5 nitrogen and oxygen atoms in total. The van der Waals surface area contributed by atoms with Gasteiger partial charge >= 0.3 is 0 Å². The van der Waals surface area contributed by atoms with Crippen LogP contribution in [0.25, 0.3) is 122 Å². The molecular formula is C50H28N4O. The SMILES string of the molecule is c1ccc2c(c1)-c1ccccc1-n1c3cc4c5ccccc5n(-c5nc(-c6cccc7oc8ccccc8c67)c6ccccc6n5)c4cc3c3cccc-2c31. The number of aromatic nitrogens is 4. The predicted molar refractivity (Wildman–Crippen MR) is 225 cm³/mol. The van der Waals surface area contributed by atoms with Crippen LogP contribution < -0.4 is 0 Å². The van der Waals surface area contributed by atoms with Gasteiger partial charge in [-0.25, -0.2) is 9.97 Å². The smallest absolute Gasteiger partial charge is 0.235 e. The van der Waals surface area contributed by atoms with E-state index in [1.165, 1.54) is 49.7 Å². The Kier molecular flexibility index (Phi) is 5.57. The average molecular weight is 701 g/mol. The summed E-state index contributed by atoms with van der Waals surface area (Å²) in [6.07, 6.45) is 0. The van der Waals surface area contributed by atoms with Crippen LogP contribution in [0.3, 0.4) is 0 Å². The van der Waals surface area contributed by atoms with E-state index in [4.69, 9.17) is 14.4 Å². The minimum Gasteiger partial charge on any atom is -0.456 e. The van der Waals surface area contributed by atoms with Crippen molar-refractivity contribution in [3.8, 4) is 45.1 Å². The molecular weight excluding hydrogens is 673 g/mol. The van der Waals surface area contributed by atoms with Gasteiger partial charge in [-0.15, -0.1) is 0 Å². The molecule has 0 atom stereocenters. The Balaban J connectivity index is 1.16. The van der Waals surface area contributed by atoms with Crippen molar-refractivity contribution in [1.82, 2.24) is 19.1 Å². The molecule has 0 aliphatic carbocycles. The van der Waals surface area contributed by atoms with Gasteiger partial charge in [-0.1, -0.05) is 127 Å². The van der Waals surface area contributed by atoms with Crippen LogP contribution in [-0.4, -0.2) is 19.1 Å². The van der Waals surface area contributed by atoms with Gasteiger partial charge in [-0.3, -0.25) is 4.57 Å². The minimum atomic E-state index is 0.633. The molecule has 5 heterocycles. The first kappa shape index (κ1) is 29.0. The third kappa shape index (κ3) is 3.81. The number of nitrogens with zero attached hydrogens (tertiary/aromatic N) is 4. The van der Waals surface area contributed by atoms with Crippen molar-refractivity contribution in [3.05, 3.63) is 170 Å². The Labute approximate surface area is 313 Å². The molecule has 0 saturated heterocycles. The maximum Gasteiger partial charge on any atom is 0.235 e. The Morgan fingerprint density at radius 2 is 0.982 bits per heavy atom. The fourth-order valence-electron chi connectivity index (χ4n) is 9.40. The number of hydrogen-bond donors (Lipinski definition) is 0. The van der Waals surface area contributed by atoms with E-state index in [0.29, 0.717) is 5.95 Å². The summed E-state index contributed by atoms with van der Waals surface area (Å²) in [5.41, 5.74) is 15.2. The van der Waals surface area contributed by atoms with Crippen LogP contribution in [0.2, 0.25) is 0 Å². The Bertz CT molecular complexity index is 3620. The first-order chi connectivity index (χ1) is 27.3. The van der Waals surface area contributed by atoms with Gasteiger partial charge in [-0.2, -0.15) is 0 Å². The van der Waals surface area contributed by atoms with E-state index in [1.807, 2.05) is 18.2 Å². The Hall–Kier alpha value is -7.50. The highest BCUT2D eigenvalue weighted by Gasteiger charge is 2.26. The molecule has 0 amide bonds. The zero-order valence-electron chi connectivity index (χ0n) is 29.4. The Morgan fingerprint density at radius 3 is 1.87 bits per heavy atom. The number of benzene rings is 8. The van der Waals surface area contributed by atoms with Crippen LogP contribution >= 0.6 is 0 Å². The molecule has 0 saturated carbocycles. The van der Waals surface area contributed by atoms with Crippen molar-refractivity contribution < 1.29 is 4.42 Å². The van der Waals surface area contributed by atoms with E-state index < -0.39 is 0 Å². The second-order valence-electron chi connectivity index (χ2n) is 14.5. The molecule has 5 heteroatoms. The fraction of sp³-hybridized carbons (Fsp3) is 0. The Morgan fingerprint density at radius 1 is 0.382 bits per heavy atom. The van der Waals surface area contributed by atoms with Gasteiger partial charge in [0.1, 0.15) is 11.2 Å². The first-order valence-electron chi connectivity index (χ1n) is 18.7. The van der Waals surface area contributed by atoms with E-state index in [1.54, 1.807) is 0 Å². The summed E-state index contributed by atoms with van der Waals surface area (Å²) >= 11 is 0. The summed E-state index contributed by atoms with van der Waals surface area (Å²) in [5.74, 6) is 0.633. The zero-order valence-corrected chi connectivity index (χ0v) is 29.4. The van der Waals surface area contributed by atoms with Crippen molar-refractivity contribution in [2.45, 2.75) is 0 Å². The van der Waals surface area contributed by atoms with E-state index >= 15 is 0 Å². The minimum absolute atomic E-state index is 0.633. The van der Waals surface area contributed by atoms with Crippen LogP contribution in [0.15, 0.2) is 174 Å². The van der Waals surface area contributed by atoms with Crippen molar-refractivity contribution in [1.29, 1.82) is 0 Å². The molecule has 0 spiro atoms. The van der Waals surface area contributed by atoms with Crippen molar-refractivity contribution >= 4 is 76.5 Å². The number of hydrogen-bond acceptors (Lipinski definition) is 3. The average Bonchev–Trinajstić information content (AvgIpc) is 3.87. The highest BCUT2D eigenvalue weighted by Crippen LogP contribution is 2.48. The van der Waals surface area contributed by atoms with Crippen molar-refractivity contribution in [2.75, 3.05) is 0 Å². The first-order valence-corrected chi connectivity index (χ1v) is 18.7. The molecule has 12 aromatic rings. The van der Waals surface area contributed by atoms with Crippen LogP contribution in [0.5, 0.6) is 0 Å². The van der Waals surface area contributed by atoms with Gasteiger partial charge < -0.3 is 8.98 Å². The lowest BCUT2D eigenvalue weighted by Crippen LogP contribution is -2.03. The highest BCUT2D eigenvalue weighted by molar-refractivity contribution is 6.22. The standard InChI is InChI=1S/C50H28N4O/c1-2-14-30-29(13-1)31-15-4-8-23-41(31)53-43-27-38-32-16-5-9-24-42(32)54(44(38)28-39(43)34-20-11-19-33(30)49(34)53)50-51-40-22-7-3-17-35(40)48(52-50)37-21-12-26-46-47(37)36-18-6-10-25-45(36)55-46/h1-28H. The number of para-hydroxylation sites is 5. The molecule has 0 unspecified atom stereocenters. The number of furan rings is 1. The van der Waals surface area contributed by atoms with Gasteiger partial charge in [0.15, 0.2) is 0 Å². The van der Waals surface area contributed by atoms with Crippen LogP contribution in [0.1, 0.15) is 0 Å². The van der Waals surface area contributed by atoms with E-state index in [-0.39, 0.29) is 0 Å². The molecule has 1 aliphatic heterocycles. The third-order valence-electron chi connectivity index (χ3n) is 11.7. The van der Waals surface area contributed by atoms with Gasteiger partial charge in [0.2, 0.25) is 5.95 Å². The summed E-state index contributed by atoms with van der Waals surface area (Å²) in [6, 6.07) is 60.6. The maximum absolute atomic E-state index is 6.34. The molecule has 4 aromatic heterocycles. The van der Waals surface area contributed by atoms with Crippen LogP contribution in [0.4, 0.5) is 0 Å². The molecule has 254 valence electrons. The molecule has 1 aliphatic rings. The molecule has 8 aromatic carbocycles. The normalized spacial score (nSPS) is 12.4. The summed E-state index contributed by atoms with van der Waals surface area (Å²) in [6.45, 7) is 0. The maximum atomic E-state index is 6.34. The lowest BCUT2D eigenvalue weighted by atomic mass is 9.94. The van der Waals surface area contributed by atoms with E-state index in [9.17, 15) is 0 Å². The lowest BCUT2D eigenvalue weighted by Gasteiger charge is -2.13. The fourth-order valence-corrected chi connectivity index (χ4v) is 9.40. The molecule has 0 N–H and O–H groups in total. The summed E-state index contributed by atoms with van der Waals surface area (Å²) in [5, 5.41) is 7.85. The third-order valence-corrected chi connectivity index (χ3v) is 11.7. The quantitative estimate of drug-likeness (QED) is 0.180. The van der Waals surface area contributed by atoms with Crippen molar-refractivity contribution in [3.63, 3.8) is 0 Å².